The van der Waals surface area contributed by atoms with Crippen LogP contribution in [0.15, 0.2) is 18.2 Å². The summed E-state index contributed by atoms with van der Waals surface area (Å²) in [4.78, 5) is 0. The Morgan fingerprint density at radius 3 is 2.47 bits per heavy atom. The summed E-state index contributed by atoms with van der Waals surface area (Å²) in [5, 5.41) is 3.49. The van der Waals surface area contributed by atoms with Crippen LogP contribution in [0.2, 0.25) is 0 Å². The summed E-state index contributed by atoms with van der Waals surface area (Å²) in [6, 6.07) is 5.84. The van der Waals surface area contributed by atoms with E-state index in [2.05, 4.69) is 33.0 Å². The van der Waals surface area contributed by atoms with Crippen molar-refractivity contribution in [3.05, 3.63) is 35.1 Å². The van der Waals surface area contributed by atoms with Crippen LogP contribution >= 0.6 is 0 Å². The van der Waals surface area contributed by atoms with Gasteiger partial charge in [0.2, 0.25) is 0 Å². The molecule has 1 rings (SSSR count). The van der Waals surface area contributed by atoms with Crippen molar-refractivity contribution >= 4 is 0 Å². The molecule has 0 bridgehead atoms. The van der Waals surface area contributed by atoms with E-state index in [4.69, 9.17) is 4.74 Å². The second-order valence-corrected chi connectivity index (χ2v) is 5.97. The molecule has 19 heavy (non-hydrogen) atoms. The van der Waals surface area contributed by atoms with E-state index in [-0.39, 0.29) is 17.5 Å². The quantitative estimate of drug-likeness (QED) is 0.841. The van der Waals surface area contributed by atoms with E-state index >= 15 is 0 Å². The molecule has 0 aromatic heterocycles. The second kappa shape index (κ2) is 6.49. The highest BCUT2D eigenvalue weighted by Gasteiger charge is 2.21. The fraction of sp³-hybridized carbons (Fsp3) is 0.625. The third-order valence-electron chi connectivity index (χ3n) is 3.58. The molecule has 3 heteroatoms. The van der Waals surface area contributed by atoms with E-state index in [9.17, 15) is 4.39 Å². The Hall–Kier alpha value is -0.930. The monoisotopic (exact) mass is 267 g/mol. The fourth-order valence-corrected chi connectivity index (χ4v) is 2.28. The van der Waals surface area contributed by atoms with Crippen molar-refractivity contribution in [2.45, 2.75) is 58.7 Å². The number of benzene rings is 1. The van der Waals surface area contributed by atoms with Crippen molar-refractivity contribution in [2.24, 2.45) is 0 Å². The molecule has 0 fully saturated rings. The molecule has 108 valence electrons. The average Bonchev–Trinajstić information content (AvgIpc) is 2.31. The lowest BCUT2D eigenvalue weighted by atomic mass is 9.98. The molecular weight excluding hydrogens is 241 g/mol. The van der Waals surface area contributed by atoms with Gasteiger partial charge < -0.3 is 10.1 Å². The molecule has 2 unspecified atom stereocenters. The molecule has 1 N–H and O–H groups in total. The van der Waals surface area contributed by atoms with Gasteiger partial charge in [-0.25, -0.2) is 4.39 Å². The summed E-state index contributed by atoms with van der Waals surface area (Å²) >= 11 is 0. The topological polar surface area (TPSA) is 21.3 Å². The first-order valence-corrected chi connectivity index (χ1v) is 6.82. The first-order valence-electron chi connectivity index (χ1n) is 6.82. The van der Waals surface area contributed by atoms with E-state index in [0.717, 1.165) is 12.0 Å². The van der Waals surface area contributed by atoms with Crippen LogP contribution in [0, 0.1) is 12.7 Å². The van der Waals surface area contributed by atoms with Crippen LogP contribution in [0.4, 0.5) is 4.39 Å². The van der Waals surface area contributed by atoms with Gasteiger partial charge in [0.15, 0.2) is 0 Å². The van der Waals surface area contributed by atoms with Gasteiger partial charge in [-0.05, 0) is 58.2 Å². The number of ether oxygens (including phenoxy) is 1. The van der Waals surface area contributed by atoms with Crippen LogP contribution in [0.3, 0.4) is 0 Å². The lowest BCUT2D eigenvalue weighted by Crippen LogP contribution is -2.36. The number of methoxy groups -OCH3 is 1. The first kappa shape index (κ1) is 16.1. The standard InChI is InChI=1S/C16H26FNO/c1-11-7-8-14(9-15(11)17)13(3)18-12(2)10-16(4,5)19-6/h7-9,12-13,18H,10H2,1-6H3. The number of aryl methyl sites for hydroxylation is 1. The Morgan fingerprint density at radius 2 is 1.95 bits per heavy atom. The van der Waals surface area contributed by atoms with E-state index in [1.54, 1.807) is 20.1 Å². The predicted molar refractivity (Wildman–Crippen MR) is 77.9 cm³/mol. The Bertz CT molecular complexity index is 417. The predicted octanol–water partition coefficient (Wildman–Crippen LogP) is 3.99. The Labute approximate surface area is 116 Å². The van der Waals surface area contributed by atoms with Crippen LogP contribution in [0.25, 0.3) is 0 Å². The van der Waals surface area contributed by atoms with Crippen LogP contribution < -0.4 is 5.32 Å². The van der Waals surface area contributed by atoms with Crippen LogP contribution in [0.1, 0.15) is 51.3 Å². The van der Waals surface area contributed by atoms with Gasteiger partial charge in [0.1, 0.15) is 5.82 Å². The zero-order valence-corrected chi connectivity index (χ0v) is 12.9. The summed E-state index contributed by atoms with van der Waals surface area (Å²) < 4.78 is 19.0. The summed E-state index contributed by atoms with van der Waals surface area (Å²) in [6.07, 6.45) is 0.905. The van der Waals surface area contributed by atoms with Crippen molar-refractivity contribution in [1.82, 2.24) is 5.32 Å². The highest BCUT2D eigenvalue weighted by atomic mass is 19.1. The van der Waals surface area contributed by atoms with Crippen molar-refractivity contribution in [1.29, 1.82) is 0 Å². The number of hydrogen-bond donors (Lipinski definition) is 1. The van der Waals surface area contributed by atoms with Gasteiger partial charge in [0, 0.05) is 19.2 Å². The van der Waals surface area contributed by atoms with E-state index in [0.29, 0.717) is 11.6 Å². The lowest BCUT2D eigenvalue weighted by molar-refractivity contribution is 0.00782. The normalized spacial score (nSPS) is 15.3. The second-order valence-electron chi connectivity index (χ2n) is 5.97. The zero-order valence-electron chi connectivity index (χ0n) is 12.9. The average molecular weight is 267 g/mol. The highest BCUT2D eigenvalue weighted by molar-refractivity contribution is 5.25. The van der Waals surface area contributed by atoms with Gasteiger partial charge in [0.25, 0.3) is 0 Å². The molecular formula is C16H26FNO. The molecule has 0 saturated heterocycles. The summed E-state index contributed by atoms with van der Waals surface area (Å²) in [7, 11) is 1.73. The van der Waals surface area contributed by atoms with Crippen molar-refractivity contribution in [2.75, 3.05) is 7.11 Å². The summed E-state index contributed by atoms with van der Waals surface area (Å²) in [5.74, 6) is -0.143. The third kappa shape index (κ3) is 4.92. The van der Waals surface area contributed by atoms with E-state index in [1.807, 2.05) is 12.1 Å². The lowest BCUT2D eigenvalue weighted by Gasteiger charge is -2.29. The Balaban J connectivity index is 2.63. The molecule has 0 radical (unpaired) electrons. The maximum Gasteiger partial charge on any atom is 0.126 e. The molecule has 0 heterocycles. The van der Waals surface area contributed by atoms with Crippen molar-refractivity contribution in [3.8, 4) is 0 Å². The maximum absolute atomic E-state index is 13.6. The molecule has 2 nitrogen and oxygen atoms in total. The summed E-state index contributed by atoms with van der Waals surface area (Å²) in [6.45, 7) is 10.1. The minimum absolute atomic E-state index is 0.123. The van der Waals surface area contributed by atoms with Gasteiger partial charge in [-0.2, -0.15) is 0 Å². The van der Waals surface area contributed by atoms with Gasteiger partial charge in [0.05, 0.1) is 5.60 Å². The molecule has 1 aromatic carbocycles. The Morgan fingerprint density at radius 1 is 1.32 bits per heavy atom. The molecule has 0 aliphatic carbocycles. The minimum atomic E-state index is -0.148. The van der Waals surface area contributed by atoms with E-state index < -0.39 is 0 Å². The fourth-order valence-electron chi connectivity index (χ4n) is 2.28. The Kier molecular flexibility index (Phi) is 5.50. The van der Waals surface area contributed by atoms with E-state index in [1.165, 1.54) is 0 Å². The number of halogens is 1. The van der Waals surface area contributed by atoms with Crippen molar-refractivity contribution in [3.63, 3.8) is 0 Å². The number of hydrogen-bond acceptors (Lipinski definition) is 2. The van der Waals surface area contributed by atoms with Crippen molar-refractivity contribution < 1.29 is 9.13 Å². The summed E-state index contributed by atoms with van der Waals surface area (Å²) in [5.41, 5.74) is 1.51. The smallest absolute Gasteiger partial charge is 0.126 e. The highest BCUT2D eigenvalue weighted by Crippen LogP contribution is 2.20. The van der Waals surface area contributed by atoms with Crippen LogP contribution in [-0.2, 0) is 4.74 Å². The molecule has 0 saturated carbocycles. The third-order valence-corrected chi connectivity index (χ3v) is 3.58. The number of nitrogens with one attached hydrogen (secondary N) is 1. The number of rotatable bonds is 6. The molecule has 0 spiro atoms. The van der Waals surface area contributed by atoms with Gasteiger partial charge in [-0.15, -0.1) is 0 Å². The van der Waals surface area contributed by atoms with Gasteiger partial charge >= 0.3 is 0 Å². The van der Waals surface area contributed by atoms with Crippen LogP contribution in [0.5, 0.6) is 0 Å². The largest absolute Gasteiger partial charge is 0.379 e. The minimum Gasteiger partial charge on any atom is -0.379 e. The molecule has 0 aliphatic heterocycles. The maximum atomic E-state index is 13.6. The van der Waals surface area contributed by atoms with Gasteiger partial charge in [-0.1, -0.05) is 12.1 Å². The van der Waals surface area contributed by atoms with Gasteiger partial charge in [-0.3, -0.25) is 0 Å². The van der Waals surface area contributed by atoms with Crippen LogP contribution in [-0.4, -0.2) is 18.8 Å². The zero-order chi connectivity index (χ0) is 14.6. The molecule has 2 atom stereocenters. The SMILES string of the molecule is COC(C)(C)CC(C)NC(C)c1ccc(C)c(F)c1. The molecule has 1 aromatic rings. The molecule has 0 amide bonds. The molecule has 0 aliphatic rings. The first-order chi connectivity index (χ1) is 8.75.